The Balaban J connectivity index is 3.41. The van der Waals surface area contributed by atoms with Crippen molar-refractivity contribution < 1.29 is 49.6 Å². The first kappa shape index (κ1) is 24.7. The summed E-state index contributed by atoms with van der Waals surface area (Å²) in [6.07, 6.45) is -10.7. The molecular weight excluding hydrogens is 436 g/mol. The predicted octanol–water partition coefficient (Wildman–Crippen LogP) is -0.902. The van der Waals surface area contributed by atoms with Crippen LogP contribution in [0, 0.1) is 40.5 Å². The number of rotatable bonds is 15. The Labute approximate surface area is 170 Å². The fourth-order valence-corrected chi connectivity index (χ4v) is 2.43. The molecule has 18 heteroatoms. The molecule has 31 heavy (non-hydrogen) atoms. The van der Waals surface area contributed by atoms with Gasteiger partial charge in [-0.25, -0.2) is 0 Å². The van der Waals surface area contributed by atoms with Crippen LogP contribution in [0.3, 0.4) is 0 Å². The summed E-state index contributed by atoms with van der Waals surface area (Å²) < 4.78 is 0. The quantitative estimate of drug-likeness (QED) is 0.251. The predicted molar refractivity (Wildman–Crippen MR) is 89.7 cm³/mol. The first-order valence-electron chi connectivity index (χ1n) is 7.97. The zero-order valence-corrected chi connectivity index (χ0v) is 15.2. The molecule has 0 radical (unpaired) electrons. The van der Waals surface area contributed by atoms with E-state index in [9.17, 15) is 50.4 Å². The number of aliphatic hydroxyl groups excluding tert-OH is 1. The first-order chi connectivity index (χ1) is 14.5. The summed E-state index contributed by atoms with van der Waals surface area (Å²) in [5.41, 5.74) is 0.274. The Bertz CT molecular complexity index is 805. The maximum atomic E-state index is 12.6. The van der Waals surface area contributed by atoms with E-state index in [0.29, 0.717) is 0 Å². The standard InChI is InChI=1S/C13H14N4O14/c18-7-10(28-14(20)21)12(30-16(24)25)13(31-17(26)27)11(29-15(22)23)9(19)6-8-4-2-1-3-5-8/h1-5,10-13,18H,6-7H2/t10-,11+,12+,13-/m0/s1. The fourth-order valence-electron chi connectivity index (χ4n) is 2.43. The molecule has 0 aromatic heterocycles. The summed E-state index contributed by atoms with van der Waals surface area (Å²) in [7, 11) is 0. The topological polar surface area (TPSA) is 247 Å². The molecule has 0 spiro atoms. The minimum atomic E-state index is -2.63. The van der Waals surface area contributed by atoms with Gasteiger partial charge in [-0.15, -0.1) is 40.5 Å². The minimum absolute atomic E-state index is 0.274. The number of aliphatic hydroxyl groups is 1. The van der Waals surface area contributed by atoms with Crippen LogP contribution in [0.2, 0.25) is 0 Å². The van der Waals surface area contributed by atoms with Gasteiger partial charge in [-0.1, -0.05) is 30.3 Å². The second-order valence-electron chi connectivity index (χ2n) is 5.52. The summed E-state index contributed by atoms with van der Waals surface area (Å²) in [6, 6.07) is 7.42. The summed E-state index contributed by atoms with van der Waals surface area (Å²) in [5.74, 6) is -1.23. The zero-order chi connectivity index (χ0) is 23.6. The van der Waals surface area contributed by atoms with Crippen molar-refractivity contribution in [2.24, 2.45) is 0 Å². The zero-order valence-electron chi connectivity index (χ0n) is 15.2. The highest BCUT2D eigenvalue weighted by Crippen LogP contribution is 2.21. The molecule has 0 aliphatic carbocycles. The van der Waals surface area contributed by atoms with Gasteiger partial charge >= 0.3 is 0 Å². The van der Waals surface area contributed by atoms with Crippen molar-refractivity contribution in [3.8, 4) is 0 Å². The van der Waals surface area contributed by atoms with Crippen LogP contribution in [-0.4, -0.2) is 62.3 Å². The molecule has 0 amide bonds. The summed E-state index contributed by atoms with van der Waals surface area (Å²) in [4.78, 5) is 72.1. The normalized spacial score (nSPS) is 14.2. The van der Waals surface area contributed by atoms with Gasteiger partial charge in [0.25, 0.3) is 20.3 Å². The van der Waals surface area contributed by atoms with E-state index >= 15 is 0 Å². The molecule has 0 aliphatic heterocycles. The van der Waals surface area contributed by atoms with E-state index in [1.165, 1.54) is 24.3 Å². The Morgan fingerprint density at radius 3 is 1.74 bits per heavy atom. The van der Waals surface area contributed by atoms with Crippen LogP contribution in [0.5, 0.6) is 0 Å². The lowest BCUT2D eigenvalue weighted by Crippen LogP contribution is -2.55. The van der Waals surface area contributed by atoms with Gasteiger partial charge in [0, 0.05) is 6.42 Å². The summed E-state index contributed by atoms with van der Waals surface area (Å²) >= 11 is 0. The van der Waals surface area contributed by atoms with Crippen molar-refractivity contribution in [3.05, 3.63) is 76.4 Å². The maximum absolute atomic E-state index is 12.6. The van der Waals surface area contributed by atoms with Crippen LogP contribution in [0.15, 0.2) is 30.3 Å². The van der Waals surface area contributed by atoms with Crippen molar-refractivity contribution in [2.75, 3.05) is 6.61 Å². The van der Waals surface area contributed by atoms with Gasteiger partial charge in [-0.05, 0) is 5.56 Å². The van der Waals surface area contributed by atoms with Crippen molar-refractivity contribution in [1.82, 2.24) is 0 Å². The van der Waals surface area contributed by atoms with Gasteiger partial charge in [0.15, 0.2) is 30.2 Å². The molecule has 0 fully saturated rings. The van der Waals surface area contributed by atoms with E-state index in [1.54, 1.807) is 6.07 Å². The van der Waals surface area contributed by atoms with Crippen LogP contribution < -0.4 is 0 Å². The van der Waals surface area contributed by atoms with Crippen molar-refractivity contribution in [1.29, 1.82) is 0 Å². The molecule has 18 nitrogen and oxygen atoms in total. The fraction of sp³-hybridized carbons (Fsp3) is 0.462. The Morgan fingerprint density at radius 2 is 1.29 bits per heavy atom. The third-order valence-corrected chi connectivity index (χ3v) is 3.54. The average Bonchev–Trinajstić information content (AvgIpc) is 2.67. The molecule has 0 bridgehead atoms. The summed E-state index contributed by atoms with van der Waals surface area (Å²) in [6.45, 7) is -1.39. The van der Waals surface area contributed by atoms with Crippen molar-refractivity contribution >= 4 is 5.78 Å². The van der Waals surface area contributed by atoms with E-state index in [0.717, 1.165) is 0 Å². The van der Waals surface area contributed by atoms with Crippen LogP contribution in [0.4, 0.5) is 0 Å². The number of nitrogens with zero attached hydrogens (tertiary/aromatic N) is 4. The van der Waals surface area contributed by atoms with E-state index < -0.39 is 63.6 Å². The highest BCUT2D eigenvalue weighted by atomic mass is 17.0. The van der Waals surface area contributed by atoms with E-state index in [-0.39, 0.29) is 5.56 Å². The van der Waals surface area contributed by atoms with Crippen LogP contribution in [0.1, 0.15) is 5.56 Å². The molecule has 4 atom stereocenters. The molecule has 0 unspecified atom stereocenters. The Kier molecular flexibility index (Phi) is 9.24. The third-order valence-electron chi connectivity index (χ3n) is 3.54. The van der Waals surface area contributed by atoms with Gasteiger partial charge in [0.1, 0.15) is 0 Å². The smallest absolute Gasteiger partial charge is 0.295 e. The molecule has 0 saturated heterocycles. The maximum Gasteiger partial charge on any atom is 0.295 e. The lowest BCUT2D eigenvalue weighted by Gasteiger charge is -2.31. The van der Waals surface area contributed by atoms with Crippen LogP contribution in [0.25, 0.3) is 0 Å². The lowest BCUT2D eigenvalue weighted by atomic mass is 9.96. The largest absolute Gasteiger partial charge is 0.394 e. The van der Waals surface area contributed by atoms with Crippen molar-refractivity contribution in [2.45, 2.75) is 30.8 Å². The van der Waals surface area contributed by atoms with Gasteiger partial charge in [0.05, 0.1) is 6.61 Å². The SMILES string of the molecule is O=C(Cc1ccccc1)[C@@H](O[N+](=O)[O-])[C@H](O[N+](=O)[O-])[C@H](O[N+](=O)[O-])[C@H](CO)O[N+](=O)[O-]. The average molecular weight is 450 g/mol. The van der Waals surface area contributed by atoms with Gasteiger partial charge in [0.2, 0.25) is 0 Å². The Hall–Kier alpha value is -4.35. The van der Waals surface area contributed by atoms with E-state index in [1.807, 2.05) is 0 Å². The molecule has 1 aromatic carbocycles. The second-order valence-corrected chi connectivity index (χ2v) is 5.52. The van der Waals surface area contributed by atoms with Gasteiger partial charge in [-0.2, -0.15) is 0 Å². The van der Waals surface area contributed by atoms with Gasteiger partial charge < -0.3 is 24.5 Å². The number of Topliss-reactive ketones (excluding diaryl/α,β-unsaturated/α-hetero) is 1. The molecule has 1 N–H and O–H groups in total. The molecular formula is C13H14N4O14. The number of carbonyl (C=O) groups is 1. The van der Waals surface area contributed by atoms with Crippen LogP contribution in [-0.2, 0) is 30.6 Å². The molecule has 0 saturated carbocycles. The molecule has 0 aliphatic rings. The number of carbonyl (C=O) groups excluding carboxylic acids is 1. The Morgan fingerprint density at radius 1 is 0.806 bits per heavy atom. The summed E-state index contributed by atoms with van der Waals surface area (Å²) in [5, 5.41) is 46.2. The number of hydrogen-bond donors (Lipinski definition) is 1. The lowest BCUT2D eigenvalue weighted by molar-refractivity contribution is -0.825. The third kappa shape index (κ3) is 8.27. The number of hydrogen-bond acceptors (Lipinski definition) is 14. The molecule has 170 valence electrons. The number of ketones is 1. The van der Waals surface area contributed by atoms with Crippen molar-refractivity contribution in [3.63, 3.8) is 0 Å². The molecule has 1 aromatic rings. The van der Waals surface area contributed by atoms with E-state index in [2.05, 4.69) is 19.4 Å². The van der Waals surface area contributed by atoms with Crippen LogP contribution >= 0.6 is 0 Å². The minimum Gasteiger partial charge on any atom is -0.394 e. The molecule has 0 heterocycles. The highest BCUT2D eigenvalue weighted by Gasteiger charge is 2.46. The highest BCUT2D eigenvalue weighted by molar-refractivity contribution is 5.85. The number of benzene rings is 1. The molecule has 1 rings (SSSR count). The second kappa shape index (κ2) is 11.6. The van der Waals surface area contributed by atoms with Gasteiger partial charge in [-0.3, -0.25) is 4.79 Å². The van der Waals surface area contributed by atoms with E-state index in [4.69, 9.17) is 0 Å². The monoisotopic (exact) mass is 450 g/mol. The first-order valence-corrected chi connectivity index (χ1v) is 7.97.